The van der Waals surface area contributed by atoms with Crippen molar-refractivity contribution in [3.8, 4) is 5.75 Å². The summed E-state index contributed by atoms with van der Waals surface area (Å²) in [6.45, 7) is 1.32. The Bertz CT molecular complexity index is 1200. The summed E-state index contributed by atoms with van der Waals surface area (Å²) in [4.78, 5) is 12.4. The standard InChI is InChI=1S/C25H27ClN2O5S/c1-32-24-13-12-22(26)16-23(24)28(34(2,30)31)17-19-8-10-21(11-9-19)25(29)27-14-15-33-18-20-6-4-3-5-7-20/h3-13,16H,14-15,17-18H2,1-2H3,(H,27,29). The Morgan fingerprint density at radius 2 is 1.71 bits per heavy atom. The van der Waals surface area contributed by atoms with E-state index in [-0.39, 0.29) is 12.5 Å². The van der Waals surface area contributed by atoms with Crippen molar-refractivity contribution in [3.05, 3.63) is 94.5 Å². The average molecular weight is 503 g/mol. The van der Waals surface area contributed by atoms with Gasteiger partial charge in [0.25, 0.3) is 5.91 Å². The van der Waals surface area contributed by atoms with Crippen LogP contribution in [-0.2, 0) is 27.9 Å². The summed E-state index contributed by atoms with van der Waals surface area (Å²) in [5, 5.41) is 3.21. The van der Waals surface area contributed by atoms with E-state index in [4.69, 9.17) is 21.1 Å². The Balaban J connectivity index is 1.59. The SMILES string of the molecule is COc1ccc(Cl)cc1N(Cc1ccc(C(=O)NCCOCc2ccccc2)cc1)S(C)(=O)=O. The molecule has 0 spiro atoms. The first kappa shape index (κ1) is 25.6. The van der Waals surface area contributed by atoms with Crippen molar-refractivity contribution in [1.29, 1.82) is 0 Å². The zero-order chi connectivity index (χ0) is 24.6. The number of sulfonamides is 1. The van der Waals surface area contributed by atoms with Crippen molar-refractivity contribution in [2.45, 2.75) is 13.2 Å². The molecule has 0 saturated heterocycles. The van der Waals surface area contributed by atoms with Crippen molar-refractivity contribution in [1.82, 2.24) is 5.32 Å². The maximum Gasteiger partial charge on any atom is 0.251 e. The monoisotopic (exact) mass is 502 g/mol. The van der Waals surface area contributed by atoms with Crippen molar-refractivity contribution in [2.24, 2.45) is 0 Å². The summed E-state index contributed by atoms with van der Waals surface area (Å²) in [7, 11) is -2.16. The van der Waals surface area contributed by atoms with Crippen LogP contribution in [0, 0.1) is 0 Å². The molecule has 0 aliphatic heterocycles. The van der Waals surface area contributed by atoms with E-state index in [1.807, 2.05) is 30.3 Å². The third kappa shape index (κ3) is 7.21. The van der Waals surface area contributed by atoms with Crippen molar-refractivity contribution < 1.29 is 22.7 Å². The van der Waals surface area contributed by atoms with Gasteiger partial charge in [-0.15, -0.1) is 0 Å². The molecule has 0 bridgehead atoms. The average Bonchev–Trinajstić information content (AvgIpc) is 2.82. The summed E-state index contributed by atoms with van der Waals surface area (Å²) in [6, 6.07) is 21.3. The molecule has 0 aliphatic carbocycles. The number of ether oxygens (including phenoxy) is 2. The predicted octanol–water partition coefficient (Wildman–Crippen LogP) is 4.26. The lowest BCUT2D eigenvalue weighted by molar-refractivity contribution is 0.0901. The molecule has 180 valence electrons. The molecule has 3 rings (SSSR count). The maximum absolute atomic E-state index is 12.5. The van der Waals surface area contributed by atoms with Crippen LogP contribution in [0.3, 0.4) is 0 Å². The van der Waals surface area contributed by atoms with Crippen molar-refractivity contribution in [3.63, 3.8) is 0 Å². The van der Waals surface area contributed by atoms with E-state index in [2.05, 4.69) is 5.32 Å². The molecule has 0 aromatic heterocycles. The lowest BCUT2D eigenvalue weighted by Crippen LogP contribution is -2.30. The zero-order valence-electron chi connectivity index (χ0n) is 19.0. The molecule has 9 heteroatoms. The fourth-order valence-corrected chi connectivity index (χ4v) is 4.32. The first-order valence-electron chi connectivity index (χ1n) is 10.6. The van der Waals surface area contributed by atoms with Crippen molar-refractivity contribution in [2.75, 3.05) is 30.8 Å². The highest BCUT2D eigenvalue weighted by Crippen LogP contribution is 2.33. The highest BCUT2D eigenvalue weighted by Gasteiger charge is 2.22. The molecule has 1 amide bonds. The van der Waals surface area contributed by atoms with Gasteiger partial charge in [0.05, 0.1) is 38.8 Å². The van der Waals surface area contributed by atoms with Gasteiger partial charge < -0.3 is 14.8 Å². The van der Waals surface area contributed by atoms with E-state index in [1.165, 1.54) is 11.4 Å². The van der Waals surface area contributed by atoms with Crippen LogP contribution >= 0.6 is 11.6 Å². The number of amides is 1. The number of carbonyl (C=O) groups excluding carboxylic acids is 1. The summed E-state index contributed by atoms with van der Waals surface area (Å²) < 4.78 is 37.1. The molecule has 3 aromatic rings. The number of benzene rings is 3. The van der Waals surface area contributed by atoms with E-state index in [1.54, 1.807) is 42.5 Å². The molecular formula is C25H27ClN2O5S. The molecule has 0 unspecified atom stereocenters. The van der Waals surface area contributed by atoms with Gasteiger partial charge in [-0.1, -0.05) is 54.1 Å². The van der Waals surface area contributed by atoms with Gasteiger partial charge in [0.15, 0.2) is 0 Å². The molecule has 0 fully saturated rings. The molecule has 0 saturated carbocycles. The number of halogens is 1. The van der Waals surface area contributed by atoms with Gasteiger partial charge in [0.2, 0.25) is 10.0 Å². The molecule has 7 nitrogen and oxygen atoms in total. The Hall–Kier alpha value is -3.07. The molecule has 0 heterocycles. The Morgan fingerprint density at radius 1 is 1.00 bits per heavy atom. The number of carbonyl (C=O) groups is 1. The van der Waals surface area contributed by atoms with E-state index < -0.39 is 10.0 Å². The van der Waals surface area contributed by atoms with Crippen LogP contribution in [-0.4, -0.2) is 40.8 Å². The maximum atomic E-state index is 12.5. The first-order chi connectivity index (χ1) is 16.3. The Morgan fingerprint density at radius 3 is 2.35 bits per heavy atom. The van der Waals surface area contributed by atoms with E-state index in [9.17, 15) is 13.2 Å². The second-order valence-electron chi connectivity index (χ2n) is 7.58. The van der Waals surface area contributed by atoms with Gasteiger partial charge >= 0.3 is 0 Å². The van der Waals surface area contributed by atoms with Gasteiger partial charge in [0, 0.05) is 17.1 Å². The van der Waals surface area contributed by atoms with E-state index in [0.29, 0.717) is 47.3 Å². The topological polar surface area (TPSA) is 84.9 Å². The third-order valence-corrected chi connectivity index (χ3v) is 6.36. The number of anilines is 1. The fraction of sp³-hybridized carbons (Fsp3) is 0.240. The summed E-state index contributed by atoms with van der Waals surface area (Å²) in [5.74, 6) is 0.159. The molecular weight excluding hydrogens is 476 g/mol. The predicted molar refractivity (Wildman–Crippen MR) is 134 cm³/mol. The minimum atomic E-state index is -3.63. The van der Waals surface area contributed by atoms with Gasteiger partial charge in [-0.3, -0.25) is 9.10 Å². The highest BCUT2D eigenvalue weighted by atomic mass is 35.5. The van der Waals surface area contributed by atoms with Crippen LogP contribution in [0.25, 0.3) is 0 Å². The van der Waals surface area contributed by atoms with Crippen LogP contribution < -0.4 is 14.4 Å². The number of nitrogens with one attached hydrogen (secondary N) is 1. The van der Waals surface area contributed by atoms with Gasteiger partial charge in [0.1, 0.15) is 5.75 Å². The van der Waals surface area contributed by atoms with Gasteiger partial charge in [-0.2, -0.15) is 0 Å². The number of hydrogen-bond acceptors (Lipinski definition) is 5. The number of nitrogens with zero attached hydrogens (tertiary/aromatic N) is 1. The van der Waals surface area contributed by atoms with Gasteiger partial charge in [-0.25, -0.2) is 8.42 Å². The first-order valence-corrected chi connectivity index (χ1v) is 12.8. The second kappa shape index (κ2) is 11.9. The summed E-state index contributed by atoms with van der Waals surface area (Å²) in [5.41, 5.74) is 2.59. The third-order valence-electron chi connectivity index (χ3n) is 5.00. The normalized spacial score (nSPS) is 11.1. The minimum Gasteiger partial charge on any atom is -0.495 e. The Kier molecular flexibility index (Phi) is 8.92. The molecule has 1 N–H and O–H groups in total. The summed E-state index contributed by atoms with van der Waals surface area (Å²) in [6.07, 6.45) is 1.12. The molecule has 34 heavy (non-hydrogen) atoms. The molecule has 0 radical (unpaired) electrons. The molecule has 0 atom stereocenters. The van der Waals surface area contributed by atoms with Crippen LogP contribution in [0.5, 0.6) is 5.75 Å². The quantitative estimate of drug-likeness (QED) is 0.396. The van der Waals surface area contributed by atoms with E-state index in [0.717, 1.165) is 11.8 Å². The summed E-state index contributed by atoms with van der Waals surface area (Å²) >= 11 is 6.09. The lowest BCUT2D eigenvalue weighted by atomic mass is 10.1. The van der Waals surface area contributed by atoms with E-state index >= 15 is 0 Å². The highest BCUT2D eigenvalue weighted by molar-refractivity contribution is 7.92. The second-order valence-corrected chi connectivity index (χ2v) is 9.92. The minimum absolute atomic E-state index is 0.0603. The number of rotatable bonds is 11. The Labute approximate surface area is 205 Å². The smallest absolute Gasteiger partial charge is 0.251 e. The lowest BCUT2D eigenvalue weighted by Gasteiger charge is -2.24. The number of hydrogen-bond donors (Lipinski definition) is 1. The largest absolute Gasteiger partial charge is 0.495 e. The zero-order valence-corrected chi connectivity index (χ0v) is 20.6. The fourth-order valence-electron chi connectivity index (χ4n) is 3.27. The van der Waals surface area contributed by atoms with Crippen molar-refractivity contribution >= 4 is 33.2 Å². The molecule has 0 aliphatic rings. The number of methoxy groups -OCH3 is 1. The van der Waals surface area contributed by atoms with Gasteiger partial charge in [-0.05, 0) is 41.5 Å². The van der Waals surface area contributed by atoms with Crippen LogP contribution in [0.15, 0.2) is 72.8 Å². The molecule has 3 aromatic carbocycles. The van der Waals surface area contributed by atoms with Crippen LogP contribution in [0.4, 0.5) is 5.69 Å². The van der Waals surface area contributed by atoms with Crippen LogP contribution in [0.1, 0.15) is 21.5 Å². The van der Waals surface area contributed by atoms with Crippen LogP contribution in [0.2, 0.25) is 5.02 Å².